The Morgan fingerprint density at radius 2 is 1.04 bits per heavy atom. The highest BCUT2D eigenvalue weighted by Crippen LogP contribution is 2.09. The molecule has 0 aromatic carbocycles. The van der Waals surface area contributed by atoms with E-state index in [0.717, 1.165) is 52.1 Å². The van der Waals surface area contributed by atoms with E-state index in [-0.39, 0.29) is 0 Å². The van der Waals surface area contributed by atoms with Crippen LogP contribution < -0.4 is 0 Å². The topological polar surface area (TPSA) is 95.1 Å². The zero-order valence-corrected chi connectivity index (χ0v) is 17.3. The number of carboxylic acid groups (broad SMARTS) is 1. The Morgan fingerprint density at radius 3 is 1.22 bits per heavy atom. The van der Waals surface area contributed by atoms with E-state index in [1.54, 1.807) is 0 Å². The van der Waals surface area contributed by atoms with E-state index in [9.17, 15) is 4.79 Å². The minimum Gasteiger partial charge on any atom is -0.478 e. The maximum atomic E-state index is 9.25. The second kappa shape index (κ2) is 27.3. The van der Waals surface area contributed by atoms with Gasteiger partial charge >= 0.3 is 5.97 Å². The molecule has 6 heteroatoms. The van der Waals surface area contributed by atoms with Gasteiger partial charge in [0.25, 0.3) is 0 Å². The average molecular weight is 391 g/mol. The van der Waals surface area contributed by atoms with Crippen molar-refractivity contribution in [3.8, 4) is 0 Å². The van der Waals surface area contributed by atoms with Crippen molar-refractivity contribution in [3.05, 3.63) is 12.7 Å². The van der Waals surface area contributed by atoms with Gasteiger partial charge in [-0.05, 0) is 6.42 Å². The number of aliphatic carboxylic acids is 1. The second-order valence-corrected chi connectivity index (χ2v) is 6.29. The number of carbonyl (C=O) groups is 1. The summed E-state index contributed by atoms with van der Waals surface area (Å²) in [6.45, 7) is 11.6. The number of unbranched alkanes of at least 4 members (excludes halogenated alkanes) is 9. The lowest BCUT2D eigenvalue weighted by molar-refractivity contribution is -0.131. The van der Waals surface area contributed by atoms with Gasteiger partial charge in [0.2, 0.25) is 0 Å². The first kappa shape index (κ1) is 28.3. The fourth-order valence-electron chi connectivity index (χ4n) is 1.60. The molecule has 6 nitrogen and oxygen atoms in total. The predicted octanol–water partition coefficient (Wildman–Crippen LogP) is 4.21. The van der Waals surface area contributed by atoms with E-state index in [2.05, 4.69) is 27.7 Å². The van der Waals surface area contributed by atoms with E-state index in [1.165, 1.54) is 57.8 Å². The second-order valence-electron chi connectivity index (χ2n) is 6.29. The Balaban J connectivity index is 0. The molecule has 3 heterocycles. The van der Waals surface area contributed by atoms with Crippen LogP contribution in [-0.2, 0) is 19.0 Å². The summed E-state index contributed by atoms with van der Waals surface area (Å²) in [6, 6.07) is 0. The van der Waals surface area contributed by atoms with Crippen LogP contribution in [0.15, 0.2) is 12.7 Å². The number of hydrogen-bond acceptors (Lipinski definition) is 5. The molecule has 0 atom stereocenters. The molecule has 27 heavy (non-hydrogen) atoms. The smallest absolute Gasteiger partial charge is 0.327 e. The predicted molar refractivity (Wildman–Crippen MR) is 109 cm³/mol. The van der Waals surface area contributed by atoms with Crippen molar-refractivity contribution in [2.45, 2.75) is 71.1 Å². The first-order valence-electron chi connectivity index (χ1n) is 10.4. The molecular weight excluding hydrogens is 348 g/mol. The summed E-state index contributed by atoms with van der Waals surface area (Å²) in [5, 5.41) is 16.2. The molecule has 162 valence electrons. The normalized spacial score (nSPS) is 14.3. The molecule has 0 amide bonds. The van der Waals surface area contributed by atoms with Crippen molar-refractivity contribution in [1.82, 2.24) is 0 Å². The minimum atomic E-state index is -0.981. The van der Waals surface area contributed by atoms with Crippen molar-refractivity contribution in [2.24, 2.45) is 0 Å². The monoisotopic (exact) mass is 390 g/mol. The van der Waals surface area contributed by atoms with Crippen LogP contribution in [0.2, 0.25) is 0 Å². The summed E-state index contributed by atoms with van der Waals surface area (Å²) in [7, 11) is 0. The molecule has 0 aromatic rings. The Morgan fingerprint density at radius 1 is 0.778 bits per heavy atom. The highest BCUT2D eigenvalue weighted by Gasteiger charge is 1.94. The van der Waals surface area contributed by atoms with Crippen LogP contribution in [0.5, 0.6) is 0 Å². The summed E-state index contributed by atoms with van der Waals surface area (Å²) in [5.74, 6) is -0.981. The van der Waals surface area contributed by atoms with Gasteiger partial charge in [0.05, 0.1) is 39.6 Å². The third-order valence-electron chi connectivity index (χ3n) is 3.30. The van der Waals surface area contributed by atoms with Crippen molar-refractivity contribution in [2.75, 3.05) is 46.2 Å². The molecule has 3 rings (SSSR count). The number of carboxylic acids is 1. The van der Waals surface area contributed by atoms with Crippen LogP contribution in [0.25, 0.3) is 0 Å². The molecular formula is C21H42O6. The van der Waals surface area contributed by atoms with Gasteiger partial charge in [-0.25, -0.2) is 4.79 Å². The Kier molecular flexibility index (Phi) is 28.5. The van der Waals surface area contributed by atoms with Gasteiger partial charge in [-0.3, -0.25) is 0 Å². The van der Waals surface area contributed by atoms with Crippen LogP contribution in [0, 0.1) is 0 Å². The van der Waals surface area contributed by atoms with E-state index in [0.29, 0.717) is 6.61 Å². The Bertz CT molecular complexity index is 258. The lowest BCUT2D eigenvalue weighted by atomic mass is 10.1. The molecule has 0 unspecified atom stereocenters. The van der Waals surface area contributed by atoms with Crippen LogP contribution in [0.3, 0.4) is 0 Å². The first-order valence-corrected chi connectivity index (χ1v) is 10.4. The zero-order valence-electron chi connectivity index (χ0n) is 17.3. The largest absolute Gasteiger partial charge is 0.478 e. The van der Waals surface area contributed by atoms with Gasteiger partial charge in [-0.1, -0.05) is 71.3 Å². The summed E-state index contributed by atoms with van der Waals surface area (Å²) >= 11 is 0. The molecule has 3 aliphatic rings. The van der Waals surface area contributed by atoms with Crippen molar-refractivity contribution < 1.29 is 29.2 Å². The van der Waals surface area contributed by atoms with Crippen LogP contribution in [0.1, 0.15) is 71.1 Å². The molecule has 0 bridgehead atoms. The van der Waals surface area contributed by atoms with Crippen LogP contribution in [0.4, 0.5) is 0 Å². The molecule has 0 radical (unpaired) electrons. The van der Waals surface area contributed by atoms with E-state index in [4.69, 9.17) is 10.2 Å². The van der Waals surface area contributed by atoms with Gasteiger partial charge in [-0.2, -0.15) is 0 Å². The third kappa shape index (κ3) is 67.4. The van der Waals surface area contributed by atoms with Gasteiger partial charge < -0.3 is 24.4 Å². The molecule has 3 fully saturated rings. The molecule has 0 spiro atoms. The fraction of sp³-hybridized carbons (Fsp3) is 0.857. The Labute approximate surface area is 165 Å². The molecule has 0 aromatic heterocycles. The molecule has 0 aliphatic carbocycles. The number of aliphatic hydroxyl groups is 1. The third-order valence-corrected chi connectivity index (χ3v) is 3.30. The number of ether oxygens (including phenoxy) is 3. The Hall–Kier alpha value is -0.950. The molecule has 3 aliphatic heterocycles. The fourth-order valence-corrected chi connectivity index (χ4v) is 1.60. The van der Waals surface area contributed by atoms with Crippen molar-refractivity contribution >= 4 is 5.97 Å². The molecule has 3 saturated heterocycles. The zero-order chi connectivity index (χ0) is 20.4. The van der Waals surface area contributed by atoms with Gasteiger partial charge in [0, 0.05) is 12.7 Å². The number of aliphatic hydroxyl groups excluding tert-OH is 1. The minimum absolute atomic E-state index is 0.372. The standard InChI is InChI=1S/C12H26O.C3H4O2.3C2H4O/c1-2-3-4-5-6-7-8-9-10-11-12-13;1-2-3(4)5;3*1-2-3-1/h13H,2-12H2,1H3;2H,1H2,(H,4,5);3*1-2H2. The summed E-state index contributed by atoms with van der Waals surface area (Å²) < 4.78 is 13.5. The lowest BCUT2D eigenvalue weighted by Gasteiger charge is -2.00. The average Bonchev–Trinajstić information content (AvgIpc) is 3.50. The van der Waals surface area contributed by atoms with Gasteiger partial charge in [-0.15, -0.1) is 0 Å². The van der Waals surface area contributed by atoms with E-state index < -0.39 is 5.97 Å². The summed E-state index contributed by atoms with van der Waals surface area (Å²) in [5.41, 5.74) is 0. The molecule has 2 N–H and O–H groups in total. The maximum absolute atomic E-state index is 9.25. The van der Waals surface area contributed by atoms with Crippen molar-refractivity contribution in [3.63, 3.8) is 0 Å². The highest BCUT2D eigenvalue weighted by molar-refractivity contribution is 5.78. The summed E-state index contributed by atoms with van der Waals surface area (Å²) in [6.07, 6.45) is 14.1. The summed E-state index contributed by atoms with van der Waals surface area (Å²) in [4.78, 5) is 9.25. The van der Waals surface area contributed by atoms with E-state index >= 15 is 0 Å². The number of rotatable bonds is 11. The molecule has 0 saturated carbocycles. The quantitative estimate of drug-likeness (QED) is 0.312. The SMILES string of the molecule is C1CO1.C1CO1.C1CO1.C=CC(=O)O.CCCCCCCCCCCCO. The van der Waals surface area contributed by atoms with Gasteiger partial charge in [0.15, 0.2) is 0 Å². The van der Waals surface area contributed by atoms with Crippen LogP contribution >= 0.6 is 0 Å². The first-order chi connectivity index (χ1) is 13.2. The van der Waals surface area contributed by atoms with Gasteiger partial charge in [0.1, 0.15) is 0 Å². The van der Waals surface area contributed by atoms with Crippen LogP contribution in [-0.4, -0.2) is 62.4 Å². The highest BCUT2D eigenvalue weighted by atomic mass is 16.6. The lowest BCUT2D eigenvalue weighted by Crippen LogP contribution is -1.84. The number of hydrogen-bond donors (Lipinski definition) is 2. The van der Waals surface area contributed by atoms with E-state index in [1.807, 2.05) is 0 Å². The number of epoxide rings is 3. The maximum Gasteiger partial charge on any atom is 0.327 e. The van der Waals surface area contributed by atoms with Crippen molar-refractivity contribution in [1.29, 1.82) is 0 Å².